The van der Waals surface area contributed by atoms with Crippen LogP contribution in [0.2, 0.25) is 0 Å². The summed E-state index contributed by atoms with van der Waals surface area (Å²) in [6.07, 6.45) is 3.82. The summed E-state index contributed by atoms with van der Waals surface area (Å²) in [5, 5.41) is 7.84. The number of allylic oxidation sites excluding steroid dienone is 4. The molecule has 1 aliphatic rings. The monoisotopic (exact) mass is 334 g/mol. The van der Waals surface area contributed by atoms with Crippen molar-refractivity contribution in [2.45, 2.75) is 55.4 Å². The predicted molar refractivity (Wildman–Crippen MR) is 93.5 cm³/mol. The second-order valence-electron chi connectivity index (χ2n) is 7.74. The van der Waals surface area contributed by atoms with Gasteiger partial charge in [-0.15, -0.1) is 0 Å². The van der Waals surface area contributed by atoms with Crippen LogP contribution < -0.4 is 0 Å². The molecule has 6 heteroatoms. The van der Waals surface area contributed by atoms with Gasteiger partial charge in [0.05, 0.1) is 0 Å². The Morgan fingerprint density at radius 2 is 1.33 bits per heavy atom. The van der Waals surface area contributed by atoms with Gasteiger partial charge in [0, 0.05) is 13.8 Å². The minimum atomic E-state index is -0.535. The first-order valence-corrected chi connectivity index (χ1v) is 7.78. The van der Waals surface area contributed by atoms with Gasteiger partial charge in [0.15, 0.2) is 0 Å². The summed E-state index contributed by atoms with van der Waals surface area (Å²) in [5.74, 6) is -1.07. The van der Waals surface area contributed by atoms with Crippen molar-refractivity contribution < 1.29 is 19.3 Å². The Kier molecular flexibility index (Phi) is 5.87. The van der Waals surface area contributed by atoms with Gasteiger partial charge in [-0.25, -0.2) is 9.59 Å². The Morgan fingerprint density at radius 3 is 1.75 bits per heavy atom. The van der Waals surface area contributed by atoms with Crippen molar-refractivity contribution in [3.05, 3.63) is 23.3 Å². The lowest BCUT2D eigenvalue weighted by atomic mass is 9.74. The average Bonchev–Trinajstić information content (AvgIpc) is 2.40. The number of hydrogen-bond acceptors (Lipinski definition) is 6. The molecular formula is C18H26N2O4. The largest absolute Gasteiger partial charge is 0.332 e. The van der Waals surface area contributed by atoms with Crippen molar-refractivity contribution in [1.29, 1.82) is 0 Å². The minimum absolute atomic E-state index is 0.138. The molecule has 24 heavy (non-hydrogen) atoms. The van der Waals surface area contributed by atoms with Crippen LogP contribution in [0.15, 0.2) is 33.6 Å². The zero-order valence-corrected chi connectivity index (χ0v) is 15.7. The maximum Gasteiger partial charge on any atom is 0.332 e. The van der Waals surface area contributed by atoms with Crippen LogP contribution in [0, 0.1) is 10.8 Å². The predicted octanol–water partition coefficient (Wildman–Crippen LogP) is 3.78. The lowest BCUT2D eigenvalue weighted by molar-refractivity contribution is -0.142. The Labute approximate surface area is 143 Å². The molecule has 0 aromatic heterocycles. The minimum Gasteiger partial charge on any atom is -0.318 e. The van der Waals surface area contributed by atoms with E-state index in [9.17, 15) is 9.59 Å². The van der Waals surface area contributed by atoms with Gasteiger partial charge >= 0.3 is 11.9 Å². The van der Waals surface area contributed by atoms with Crippen LogP contribution in [-0.4, -0.2) is 23.4 Å². The molecule has 1 rings (SSSR count). The molecule has 1 aliphatic carbocycles. The molecule has 0 saturated heterocycles. The molecule has 0 amide bonds. The average molecular weight is 334 g/mol. The third kappa shape index (κ3) is 5.44. The molecule has 0 bridgehead atoms. The zero-order valence-electron chi connectivity index (χ0n) is 15.7. The van der Waals surface area contributed by atoms with Crippen LogP contribution in [0.4, 0.5) is 0 Å². The van der Waals surface area contributed by atoms with Gasteiger partial charge < -0.3 is 9.68 Å². The third-order valence-electron chi connectivity index (χ3n) is 3.30. The molecule has 0 atom stereocenters. The first kappa shape index (κ1) is 19.8. The number of rotatable bonds is 2. The molecule has 0 fully saturated rings. The highest BCUT2D eigenvalue weighted by Gasteiger charge is 2.32. The van der Waals surface area contributed by atoms with E-state index >= 15 is 0 Å². The summed E-state index contributed by atoms with van der Waals surface area (Å²) in [4.78, 5) is 31.9. The van der Waals surface area contributed by atoms with Crippen molar-refractivity contribution in [1.82, 2.24) is 0 Å². The van der Waals surface area contributed by atoms with Crippen LogP contribution in [0.25, 0.3) is 0 Å². The van der Waals surface area contributed by atoms with E-state index in [0.29, 0.717) is 11.4 Å². The number of nitrogens with zero attached hydrogens (tertiary/aromatic N) is 2. The van der Waals surface area contributed by atoms with Crippen LogP contribution in [-0.2, 0) is 19.3 Å². The lowest BCUT2D eigenvalue weighted by Crippen LogP contribution is -2.30. The van der Waals surface area contributed by atoms with E-state index in [-0.39, 0.29) is 10.8 Å². The van der Waals surface area contributed by atoms with Crippen molar-refractivity contribution in [2.24, 2.45) is 21.1 Å². The SMILES string of the molecule is CC(=O)ON=C1C=C(C(C)(C)C)C=C(C(C)(C)C)C1=NOC(C)=O. The van der Waals surface area contributed by atoms with Crippen LogP contribution >= 0.6 is 0 Å². The van der Waals surface area contributed by atoms with E-state index in [4.69, 9.17) is 9.68 Å². The zero-order chi connectivity index (χ0) is 18.7. The Balaban J connectivity index is 3.55. The maximum absolute atomic E-state index is 11.1. The van der Waals surface area contributed by atoms with Crippen molar-refractivity contribution >= 4 is 23.4 Å². The first-order chi connectivity index (χ1) is 10.8. The van der Waals surface area contributed by atoms with Crippen molar-refractivity contribution in [3.63, 3.8) is 0 Å². The van der Waals surface area contributed by atoms with Gasteiger partial charge in [-0.3, -0.25) is 0 Å². The highest BCUT2D eigenvalue weighted by molar-refractivity contribution is 6.53. The molecule has 0 spiro atoms. The van der Waals surface area contributed by atoms with Crippen LogP contribution in [0.3, 0.4) is 0 Å². The fourth-order valence-electron chi connectivity index (χ4n) is 2.01. The van der Waals surface area contributed by atoms with E-state index in [1.807, 2.05) is 26.8 Å². The Hall–Kier alpha value is -2.24. The Morgan fingerprint density at radius 1 is 0.833 bits per heavy atom. The number of carbonyl (C=O) groups excluding carboxylic acids is 2. The summed E-state index contributed by atoms with van der Waals surface area (Å²) >= 11 is 0. The van der Waals surface area contributed by atoms with Gasteiger partial charge in [0.1, 0.15) is 11.4 Å². The van der Waals surface area contributed by atoms with E-state index < -0.39 is 11.9 Å². The quantitative estimate of drug-likeness (QED) is 0.437. The molecule has 0 aromatic rings. The van der Waals surface area contributed by atoms with Gasteiger partial charge in [-0.1, -0.05) is 57.9 Å². The number of hydrogen-bond donors (Lipinski definition) is 0. The second kappa shape index (κ2) is 7.11. The van der Waals surface area contributed by atoms with E-state index in [0.717, 1.165) is 11.1 Å². The van der Waals surface area contributed by atoms with Crippen LogP contribution in [0.1, 0.15) is 55.4 Å². The van der Waals surface area contributed by atoms with Gasteiger partial charge in [0.25, 0.3) is 0 Å². The third-order valence-corrected chi connectivity index (χ3v) is 3.30. The molecule has 132 valence electrons. The maximum atomic E-state index is 11.1. The molecule has 6 nitrogen and oxygen atoms in total. The summed E-state index contributed by atoms with van der Waals surface area (Å²) in [7, 11) is 0. The van der Waals surface area contributed by atoms with Crippen molar-refractivity contribution in [2.75, 3.05) is 0 Å². The summed E-state index contributed by atoms with van der Waals surface area (Å²) in [6, 6.07) is 0. The number of oxime groups is 2. The number of carbonyl (C=O) groups is 2. The van der Waals surface area contributed by atoms with E-state index in [1.165, 1.54) is 13.8 Å². The molecular weight excluding hydrogens is 308 g/mol. The lowest BCUT2D eigenvalue weighted by Gasteiger charge is -2.31. The molecule has 0 aliphatic heterocycles. The highest BCUT2D eigenvalue weighted by Crippen LogP contribution is 2.36. The van der Waals surface area contributed by atoms with Gasteiger partial charge in [-0.05, 0) is 28.1 Å². The summed E-state index contributed by atoms with van der Waals surface area (Å²) in [6.45, 7) is 14.8. The fourth-order valence-corrected chi connectivity index (χ4v) is 2.01. The molecule has 0 unspecified atom stereocenters. The molecule has 0 aromatic carbocycles. The van der Waals surface area contributed by atoms with E-state index in [2.05, 4.69) is 31.1 Å². The van der Waals surface area contributed by atoms with Gasteiger partial charge in [0.2, 0.25) is 0 Å². The molecule has 0 saturated carbocycles. The summed E-state index contributed by atoms with van der Waals surface area (Å²) in [5.41, 5.74) is 2.18. The molecule has 0 radical (unpaired) electrons. The highest BCUT2D eigenvalue weighted by atomic mass is 16.7. The smallest absolute Gasteiger partial charge is 0.318 e. The second-order valence-corrected chi connectivity index (χ2v) is 7.74. The van der Waals surface area contributed by atoms with Crippen molar-refractivity contribution in [3.8, 4) is 0 Å². The molecule has 0 N–H and O–H groups in total. The fraction of sp³-hybridized carbons (Fsp3) is 0.556. The normalized spacial score (nSPS) is 19.0. The van der Waals surface area contributed by atoms with E-state index in [1.54, 1.807) is 6.08 Å². The summed E-state index contributed by atoms with van der Waals surface area (Å²) < 4.78 is 0. The van der Waals surface area contributed by atoms with Gasteiger partial charge in [-0.2, -0.15) is 0 Å². The first-order valence-electron chi connectivity index (χ1n) is 7.78. The topological polar surface area (TPSA) is 77.3 Å². The molecule has 0 heterocycles. The van der Waals surface area contributed by atoms with Crippen LogP contribution in [0.5, 0.6) is 0 Å². The Bertz CT molecular complexity index is 653. The standard InChI is InChI=1S/C18H26N2O4/c1-11(21)23-19-15-10-13(17(3,4)5)9-14(18(6,7)8)16(15)20-24-12(2)22/h9-10H,1-8H3.